The Hall–Kier alpha value is -3.12. The summed E-state index contributed by atoms with van der Waals surface area (Å²) in [7, 11) is 1.55. The number of thiophene rings is 1. The number of hydrogen-bond donors (Lipinski definition) is 1. The lowest BCUT2D eigenvalue weighted by atomic mass is 10.1. The highest BCUT2D eigenvalue weighted by molar-refractivity contribution is 7.12. The number of aryl methyl sites for hydroxylation is 1. The van der Waals surface area contributed by atoms with Gasteiger partial charge in [-0.2, -0.15) is 0 Å². The average molecular weight is 381 g/mol. The number of rotatable bonds is 6. The molecule has 0 radical (unpaired) electrons. The van der Waals surface area contributed by atoms with E-state index in [0.29, 0.717) is 16.3 Å². The van der Waals surface area contributed by atoms with Gasteiger partial charge in [-0.3, -0.25) is 4.79 Å². The third-order valence-electron chi connectivity index (χ3n) is 3.90. The predicted octanol–water partition coefficient (Wildman–Crippen LogP) is 4.53. The van der Waals surface area contributed by atoms with Crippen LogP contribution in [0.4, 0.5) is 5.69 Å². The molecule has 0 aliphatic carbocycles. The zero-order valence-corrected chi connectivity index (χ0v) is 15.8. The summed E-state index contributed by atoms with van der Waals surface area (Å²) in [5.74, 6) is -0.294. The summed E-state index contributed by atoms with van der Waals surface area (Å²) in [5, 5.41) is 4.51. The quantitative estimate of drug-likeness (QED) is 0.637. The minimum Gasteiger partial charge on any atom is -0.497 e. The minimum atomic E-state index is -0.513. The van der Waals surface area contributed by atoms with E-state index in [1.165, 1.54) is 11.3 Å². The van der Waals surface area contributed by atoms with Crippen LogP contribution >= 0.6 is 11.3 Å². The number of amides is 1. The van der Waals surface area contributed by atoms with Crippen molar-refractivity contribution in [2.45, 2.75) is 6.92 Å². The van der Waals surface area contributed by atoms with E-state index in [1.54, 1.807) is 31.4 Å². The van der Waals surface area contributed by atoms with Gasteiger partial charge in [-0.05, 0) is 36.1 Å². The van der Waals surface area contributed by atoms with Crippen LogP contribution < -0.4 is 10.1 Å². The van der Waals surface area contributed by atoms with Crippen molar-refractivity contribution in [2.24, 2.45) is 0 Å². The fraction of sp³-hybridized carbons (Fsp3) is 0.143. The van der Waals surface area contributed by atoms with E-state index < -0.39 is 11.9 Å². The molecule has 0 atom stereocenters. The van der Waals surface area contributed by atoms with Crippen LogP contribution in [0.1, 0.15) is 15.2 Å². The fourth-order valence-electron chi connectivity index (χ4n) is 2.52. The molecule has 3 aromatic rings. The van der Waals surface area contributed by atoms with E-state index in [-0.39, 0.29) is 6.61 Å². The summed E-state index contributed by atoms with van der Waals surface area (Å²) in [5.41, 5.74) is 3.46. The molecule has 3 rings (SSSR count). The Balaban J connectivity index is 1.62. The van der Waals surface area contributed by atoms with Crippen LogP contribution in [0, 0.1) is 6.92 Å². The van der Waals surface area contributed by atoms with Crippen molar-refractivity contribution < 1.29 is 19.1 Å². The standard InChI is InChI=1S/C21H19NO4S/c1-14-6-8-15(9-7-14)18-10-11-27-20(18)21(24)26-13-19(23)22-16-4-3-5-17(12-16)25-2/h3-12H,13H2,1-2H3,(H,22,23). The second-order valence-corrected chi connectivity index (χ2v) is 6.80. The van der Waals surface area contributed by atoms with Gasteiger partial charge in [0, 0.05) is 17.3 Å². The molecule has 1 heterocycles. The molecule has 0 unspecified atom stereocenters. The minimum absolute atomic E-state index is 0.360. The highest BCUT2D eigenvalue weighted by Crippen LogP contribution is 2.29. The summed E-state index contributed by atoms with van der Waals surface area (Å²) in [6.45, 7) is 1.65. The van der Waals surface area contributed by atoms with E-state index >= 15 is 0 Å². The third kappa shape index (κ3) is 4.74. The molecule has 0 saturated carbocycles. The van der Waals surface area contributed by atoms with E-state index in [4.69, 9.17) is 9.47 Å². The van der Waals surface area contributed by atoms with Gasteiger partial charge in [0.15, 0.2) is 6.61 Å². The second kappa shape index (κ2) is 8.51. The number of esters is 1. The zero-order valence-electron chi connectivity index (χ0n) is 15.0. The topological polar surface area (TPSA) is 64.6 Å². The van der Waals surface area contributed by atoms with Crippen molar-refractivity contribution in [2.75, 3.05) is 19.0 Å². The van der Waals surface area contributed by atoms with Crippen molar-refractivity contribution in [3.05, 3.63) is 70.4 Å². The van der Waals surface area contributed by atoms with Crippen LogP contribution in [-0.2, 0) is 9.53 Å². The Morgan fingerprint density at radius 3 is 2.59 bits per heavy atom. The molecule has 0 spiro atoms. The lowest BCUT2D eigenvalue weighted by Crippen LogP contribution is -2.20. The van der Waals surface area contributed by atoms with Gasteiger partial charge in [-0.15, -0.1) is 11.3 Å². The molecule has 5 nitrogen and oxygen atoms in total. The molecule has 1 aromatic heterocycles. The van der Waals surface area contributed by atoms with Crippen LogP contribution in [0.3, 0.4) is 0 Å². The van der Waals surface area contributed by atoms with Gasteiger partial charge in [0.1, 0.15) is 10.6 Å². The molecule has 1 amide bonds. The molecule has 2 aromatic carbocycles. The second-order valence-electron chi connectivity index (χ2n) is 5.89. The normalized spacial score (nSPS) is 10.3. The van der Waals surface area contributed by atoms with Crippen LogP contribution in [-0.4, -0.2) is 25.6 Å². The Bertz CT molecular complexity index is 947. The first kappa shape index (κ1) is 18.7. The molecule has 27 heavy (non-hydrogen) atoms. The Morgan fingerprint density at radius 1 is 1.07 bits per heavy atom. The molecule has 0 aliphatic rings. The van der Waals surface area contributed by atoms with E-state index in [0.717, 1.165) is 16.7 Å². The van der Waals surface area contributed by atoms with Crippen molar-refractivity contribution in [1.82, 2.24) is 0 Å². The lowest BCUT2D eigenvalue weighted by Gasteiger charge is -2.08. The monoisotopic (exact) mass is 381 g/mol. The molecular weight excluding hydrogens is 362 g/mol. The first-order valence-corrected chi connectivity index (χ1v) is 9.20. The van der Waals surface area contributed by atoms with Crippen LogP contribution in [0.2, 0.25) is 0 Å². The molecular formula is C21H19NO4S. The van der Waals surface area contributed by atoms with E-state index in [9.17, 15) is 9.59 Å². The predicted molar refractivity (Wildman–Crippen MR) is 106 cm³/mol. The Labute approximate surface area is 161 Å². The van der Waals surface area contributed by atoms with Crippen molar-refractivity contribution in [3.63, 3.8) is 0 Å². The number of benzene rings is 2. The van der Waals surface area contributed by atoms with Gasteiger partial charge >= 0.3 is 5.97 Å². The Kier molecular flexibility index (Phi) is 5.88. The number of nitrogens with one attached hydrogen (secondary N) is 1. The highest BCUT2D eigenvalue weighted by atomic mass is 32.1. The number of carbonyl (C=O) groups excluding carboxylic acids is 2. The van der Waals surface area contributed by atoms with Crippen LogP contribution in [0.25, 0.3) is 11.1 Å². The number of ether oxygens (including phenoxy) is 2. The van der Waals surface area contributed by atoms with Gasteiger partial charge in [0.05, 0.1) is 7.11 Å². The molecule has 0 fully saturated rings. The number of hydrogen-bond acceptors (Lipinski definition) is 5. The lowest BCUT2D eigenvalue weighted by molar-refractivity contribution is -0.119. The maximum Gasteiger partial charge on any atom is 0.349 e. The Morgan fingerprint density at radius 2 is 1.85 bits per heavy atom. The summed E-state index contributed by atoms with van der Waals surface area (Å²) >= 11 is 1.29. The van der Waals surface area contributed by atoms with Crippen LogP contribution in [0.15, 0.2) is 60.0 Å². The van der Waals surface area contributed by atoms with E-state index in [1.807, 2.05) is 42.6 Å². The van der Waals surface area contributed by atoms with Crippen LogP contribution in [0.5, 0.6) is 5.75 Å². The molecule has 6 heteroatoms. The van der Waals surface area contributed by atoms with Gasteiger partial charge < -0.3 is 14.8 Å². The molecule has 0 aliphatic heterocycles. The van der Waals surface area contributed by atoms with Gasteiger partial charge in [-0.25, -0.2) is 4.79 Å². The zero-order chi connectivity index (χ0) is 19.2. The fourth-order valence-corrected chi connectivity index (χ4v) is 3.33. The first-order chi connectivity index (χ1) is 13.1. The van der Waals surface area contributed by atoms with Gasteiger partial charge in [0.25, 0.3) is 5.91 Å². The third-order valence-corrected chi connectivity index (χ3v) is 4.80. The van der Waals surface area contributed by atoms with Gasteiger partial charge in [-0.1, -0.05) is 35.9 Å². The SMILES string of the molecule is COc1cccc(NC(=O)COC(=O)c2sccc2-c2ccc(C)cc2)c1. The number of anilines is 1. The molecule has 1 N–H and O–H groups in total. The molecule has 0 bridgehead atoms. The smallest absolute Gasteiger partial charge is 0.349 e. The summed E-state index contributed by atoms with van der Waals surface area (Å²) in [6, 6.07) is 16.7. The van der Waals surface area contributed by atoms with Crippen molar-refractivity contribution in [3.8, 4) is 16.9 Å². The summed E-state index contributed by atoms with van der Waals surface area (Å²) in [4.78, 5) is 24.9. The first-order valence-electron chi connectivity index (χ1n) is 8.32. The number of methoxy groups -OCH3 is 1. The largest absolute Gasteiger partial charge is 0.497 e. The molecule has 0 saturated heterocycles. The van der Waals surface area contributed by atoms with E-state index in [2.05, 4.69) is 5.32 Å². The summed E-state index contributed by atoms with van der Waals surface area (Å²) < 4.78 is 10.3. The number of carbonyl (C=O) groups is 2. The maximum absolute atomic E-state index is 12.4. The average Bonchev–Trinajstić information content (AvgIpc) is 3.17. The highest BCUT2D eigenvalue weighted by Gasteiger charge is 2.17. The molecule has 138 valence electrons. The van der Waals surface area contributed by atoms with Gasteiger partial charge in [0.2, 0.25) is 0 Å². The maximum atomic E-state index is 12.4. The summed E-state index contributed by atoms with van der Waals surface area (Å²) in [6.07, 6.45) is 0. The van der Waals surface area contributed by atoms with Crippen molar-refractivity contribution in [1.29, 1.82) is 0 Å². The van der Waals surface area contributed by atoms with Crippen molar-refractivity contribution >= 4 is 28.9 Å².